The van der Waals surface area contributed by atoms with Gasteiger partial charge in [0.2, 0.25) is 0 Å². The van der Waals surface area contributed by atoms with Crippen molar-refractivity contribution in [2.75, 3.05) is 11.4 Å². The van der Waals surface area contributed by atoms with Crippen molar-refractivity contribution in [3.63, 3.8) is 0 Å². The van der Waals surface area contributed by atoms with Crippen LogP contribution in [0.2, 0.25) is 0 Å². The van der Waals surface area contributed by atoms with Crippen LogP contribution in [0.5, 0.6) is 0 Å². The average Bonchev–Trinajstić information content (AvgIpc) is 2.65. The minimum absolute atomic E-state index is 0.0879. The van der Waals surface area contributed by atoms with E-state index in [1.54, 1.807) is 0 Å². The lowest BCUT2D eigenvalue weighted by atomic mass is 10.1. The van der Waals surface area contributed by atoms with Crippen molar-refractivity contribution in [3.8, 4) is 0 Å². The van der Waals surface area contributed by atoms with Gasteiger partial charge in [-0.1, -0.05) is 48.6 Å². The number of carbonyl (C=O) groups excluding carboxylic acids is 1. The molecule has 1 amide bonds. The number of hydrogen-bond donors (Lipinski definition) is 0. The van der Waals surface area contributed by atoms with Crippen LogP contribution in [0.3, 0.4) is 0 Å². The van der Waals surface area contributed by atoms with Crippen molar-refractivity contribution in [2.24, 2.45) is 0 Å². The van der Waals surface area contributed by atoms with Gasteiger partial charge < -0.3 is 4.90 Å². The van der Waals surface area contributed by atoms with Crippen LogP contribution in [0.15, 0.2) is 66.7 Å². The molecule has 0 spiro atoms. The maximum atomic E-state index is 12.8. The molecule has 1 aliphatic rings. The van der Waals surface area contributed by atoms with Crippen LogP contribution in [0.1, 0.15) is 28.8 Å². The molecule has 0 saturated carbocycles. The van der Waals surface area contributed by atoms with Gasteiger partial charge in [-0.3, -0.25) is 4.79 Å². The summed E-state index contributed by atoms with van der Waals surface area (Å²) in [5.74, 6) is 0.0879. The molecule has 3 rings (SSSR count). The second-order valence-corrected chi connectivity index (χ2v) is 5.27. The Kier molecular flexibility index (Phi) is 4.15. The molecule has 0 fully saturated rings. The highest BCUT2D eigenvalue weighted by Crippen LogP contribution is 2.25. The zero-order chi connectivity index (χ0) is 14.5. The van der Waals surface area contributed by atoms with E-state index in [2.05, 4.69) is 24.3 Å². The van der Waals surface area contributed by atoms with Crippen LogP contribution < -0.4 is 4.90 Å². The number of nitrogens with zero attached hydrogens (tertiary/aromatic N) is 1. The van der Waals surface area contributed by atoms with Crippen LogP contribution in [0, 0.1) is 0 Å². The lowest BCUT2D eigenvalue weighted by Crippen LogP contribution is -2.32. The lowest BCUT2D eigenvalue weighted by molar-refractivity contribution is 0.0986. The Morgan fingerprint density at radius 2 is 1.67 bits per heavy atom. The molecule has 0 N–H and O–H groups in total. The van der Waals surface area contributed by atoms with E-state index in [9.17, 15) is 4.79 Å². The van der Waals surface area contributed by atoms with Gasteiger partial charge in [0.1, 0.15) is 0 Å². The van der Waals surface area contributed by atoms with Gasteiger partial charge >= 0.3 is 0 Å². The van der Waals surface area contributed by atoms with Gasteiger partial charge in [-0.25, -0.2) is 0 Å². The third-order valence-electron chi connectivity index (χ3n) is 3.81. The van der Waals surface area contributed by atoms with E-state index in [1.165, 1.54) is 5.56 Å². The van der Waals surface area contributed by atoms with E-state index in [-0.39, 0.29) is 5.91 Å². The highest BCUT2D eigenvalue weighted by molar-refractivity contribution is 6.06. The summed E-state index contributed by atoms with van der Waals surface area (Å²) in [5, 5.41) is 0. The number of rotatable bonds is 1. The quantitative estimate of drug-likeness (QED) is 0.714. The topological polar surface area (TPSA) is 20.3 Å². The standard InChI is InChI=1S/C19H19NO/c21-19(17-12-5-3-6-13-17)20-15-9-2-1-4-10-16-11-7-8-14-18(16)20/h1,3-8,11-14H,2,9-10,15H2/b4-1-. The largest absolute Gasteiger partial charge is 0.308 e. The molecule has 0 atom stereocenters. The summed E-state index contributed by atoms with van der Waals surface area (Å²) in [6.07, 6.45) is 7.31. The first kappa shape index (κ1) is 13.6. The summed E-state index contributed by atoms with van der Waals surface area (Å²) >= 11 is 0. The van der Waals surface area contributed by atoms with Crippen molar-refractivity contribution in [2.45, 2.75) is 19.3 Å². The van der Waals surface area contributed by atoms with Gasteiger partial charge in [-0.2, -0.15) is 0 Å². The third kappa shape index (κ3) is 3.05. The first-order valence-corrected chi connectivity index (χ1v) is 7.46. The minimum Gasteiger partial charge on any atom is -0.308 e. The number of benzene rings is 2. The molecule has 1 heterocycles. The number of para-hydroxylation sites is 1. The molecule has 0 unspecified atom stereocenters. The molecular formula is C19H19NO. The summed E-state index contributed by atoms with van der Waals surface area (Å²) < 4.78 is 0. The Bertz CT molecular complexity index is 646. The van der Waals surface area contributed by atoms with Gasteiger partial charge in [0.15, 0.2) is 0 Å². The Morgan fingerprint density at radius 1 is 0.905 bits per heavy atom. The molecule has 106 valence electrons. The van der Waals surface area contributed by atoms with Gasteiger partial charge in [-0.05, 0) is 43.0 Å². The minimum atomic E-state index is 0.0879. The Hall–Kier alpha value is -2.35. The molecule has 0 aromatic heterocycles. The molecule has 1 aliphatic heterocycles. The van der Waals surface area contributed by atoms with Crippen molar-refractivity contribution < 1.29 is 4.79 Å². The SMILES string of the molecule is O=C(c1ccccc1)N1CCC/C=C\Cc2ccccc21. The maximum Gasteiger partial charge on any atom is 0.258 e. The predicted octanol–water partition coefficient (Wildman–Crippen LogP) is 4.23. The summed E-state index contributed by atoms with van der Waals surface area (Å²) in [7, 11) is 0. The molecule has 0 aliphatic carbocycles. The number of allylic oxidation sites excluding steroid dienone is 2. The van der Waals surface area contributed by atoms with E-state index in [0.29, 0.717) is 0 Å². The zero-order valence-corrected chi connectivity index (χ0v) is 12.0. The fourth-order valence-electron chi connectivity index (χ4n) is 2.71. The highest BCUT2D eigenvalue weighted by Gasteiger charge is 2.19. The van der Waals surface area contributed by atoms with Crippen LogP contribution in [-0.2, 0) is 6.42 Å². The summed E-state index contributed by atoms with van der Waals surface area (Å²) in [4.78, 5) is 14.8. The van der Waals surface area contributed by atoms with Crippen LogP contribution >= 0.6 is 0 Å². The van der Waals surface area contributed by atoms with Crippen molar-refractivity contribution >= 4 is 11.6 Å². The molecule has 0 saturated heterocycles. The van der Waals surface area contributed by atoms with Crippen LogP contribution in [0.4, 0.5) is 5.69 Å². The van der Waals surface area contributed by atoms with Gasteiger partial charge in [-0.15, -0.1) is 0 Å². The van der Waals surface area contributed by atoms with Gasteiger partial charge in [0.05, 0.1) is 0 Å². The summed E-state index contributed by atoms with van der Waals surface area (Å²) in [5.41, 5.74) is 3.00. The fraction of sp³-hybridized carbons (Fsp3) is 0.211. The number of amides is 1. The van der Waals surface area contributed by atoms with Crippen molar-refractivity contribution in [1.82, 2.24) is 0 Å². The molecule has 21 heavy (non-hydrogen) atoms. The van der Waals surface area contributed by atoms with Crippen molar-refractivity contribution in [1.29, 1.82) is 0 Å². The number of fused-ring (bicyclic) bond motifs is 1. The Morgan fingerprint density at radius 3 is 2.52 bits per heavy atom. The molecule has 2 aromatic carbocycles. The van der Waals surface area contributed by atoms with Crippen LogP contribution in [0.25, 0.3) is 0 Å². The second-order valence-electron chi connectivity index (χ2n) is 5.27. The lowest BCUT2D eigenvalue weighted by Gasteiger charge is -2.24. The Labute approximate surface area is 125 Å². The summed E-state index contributed by atoms with van der Waals surface area (Å²) in [6.45, 7) is 0.759. The molecule has 0 radical (unpaired) electrons. The maximum absolute atomic E-state index is 12.8. The van der Waals surface area contributed by atoms with E-state index in [0.717, 1.165) is 37.1 Å². The zero-order valence-electron chi connectivity index (χ0n) is 12.0. The van der Waals surface area contributed by atoms with Crippen molar-refractivity contribution in [3.05, 3.63) is 77.9 Å². The molecule has 2 aromatic rings. The number of hydrogen-bond acceptors (Lipinski definition) is 1. The van der Waals surface area contributed by atoms with Gasteiger partial charge in [0.25, 0.3) is 5.91 Å². The number of anilines is 1. The first-order valence-electron chi connectivity index (χ1n) is 7.46. The summed E-state index contributed by atoms with van der Waals surface area (Å²) in [6, 6.07) is 17.7. The van der Waals surface area contributed by atoms with Crippen LogP contribution in [-0.4, -0.2) is 12.5 Å². The van der Waals surface area contributed by atoms with E-state index < -0.39 is 0 Å². The molecule has 2 heteroatoms. The number of carbonyl (C=O) groups is 1. The Balaban J connectivity index is 1.99. The predicted molar refractivity (Wildman–Crippen MR) is 86.6 cm³/mol. The first-order chi connectivity index (χ1) is 10.4. The molecule has 2 nitrogen and oxygen atoms in total. The third-order valence-corrected chi connectivity index (χ3v) is 3.81. The van der Waals surface area contributed by atoms with E-state index >= 15 is 0 Å². The average molecular weight is 277 g/mol. The monoisotopic (exact) mass is 277 g/mol. The highest BCUT2D eigenvalue weighted by atomic mass is 16.2. The second kappa shape index (κ2) is 6.40. The van der Waals surface area contributed by atoms with E-state index in [1.807, 2.05) is 47.4 Å². The normalized spacial score (nSPS) is 16.3. The molecular weight excluding hydrogens is 258 g/mol. The fourth-order valence-corrected chi connectivity index (χ4v) is 2.71. The van der Waals surface area contributed by atoms with E-state index in [4.69, 9.17) is 0 Å². The smallest absolute Gasteiger partial charge is 0.258 e. The molecule has 0 bridgehead atoms. The van der Waals surface area contributed by atoms with Gasteiger partial charge in [0, 0.05) is 17.8 Å².